The van der Waals surface area contributed by atoms with Crippen LogP contribution in [-0.4, -0.2) is 13.2 Å². The van der Waals surface area contributed by atoms with Crippen molar-refractivity contribution < 1.29 is 13.5 Å². The molecule has 2 aromatic rings. The maximum Gasteiger partial charge on any atom is 0.129 e. The molecule has 0 saturated heterocycles. The highest BCUT2D eigenvalue weighted by Crippen LogP contribution is 2.32. The third-order valence-corrected chi connectivity index (χ3v) is 3.89. The van der Waals surface area contributed by atoms with E-state index in [1.54, 1.807) is 18.4 Å². The SMILES string of the molecule is Fc1cccc2c1CCC2NCCCOCc1ccco1. The molecule has 0 saturated carbocycles. The summed E-state index contributed by atoms with van der Waals surface area (Å²) in [5.41, 5.74) is 2.00. The molecule has 1 aliphatic rings. The topological polar surface area (TPSA) is 34.4 Å². The number of benzene rings is 1. The van der Waals surface area contributed by atoms with Crippen molar-refractivity contribution in [3.63, 3.8) is 0 Å². The lowest BCUT2D eigenvalue weighted by atomic mass is 10.1. The van der Waals surface area contributed by atoms with Gasteiger partial charge in [0.15, 0.2) is 0 Å². The molecule has 1 aromatic heterocycles. The number of ether oxygens (including phenoxy) is 1. The Balaban J connectivity index is 1.36. The smallest absolute Gasteiger partial charge is 0.129 e. The molecule has 1 N–H and O–H groups in total. The molecule has 4 heteroatoms. The molecule has 1 aromatic carbocycles. The molecule has 1 heterocycles. The Morgan fingerprint density at radius 1 is 1.29 bits per heavy atom. The lowest BCUT2D eigenvalue weighted by Gasteiger charge is -2.14. The van der Waals surface area contributed by atoms with Crippen molar-refractivity contribution in [1.82, 2.24) is 5.32 Å². The van der Waals surface area contributed by atoms with Crippen molar-refractivity contribution in [3.8, 4) is 0 Å². The third-order valence-electron chi connectivity index (χ3n) is 3.89. The molecule has 1 unspecified atom stereocenters. The van der Waals surface area contributed by atoms with E-state index < -0.39 is 0 Å². The van der Waals surface area contributed by atoms with Crippen LogP contribution in [0.4, 0.5) is 4.39 Å². The Labute approximate surface area is 124 Å². The monoisotopic (exact) mass is 289 g/mol. The average Bonchev–Trinajstić information content (AvgIpc) is 3.13. The van der Waals surface area contributed by atoms with Crippen LogP contribution in [0.1, 0.15) is 35.8 Å². The molecule has 0 bridgehead atoms. The molecule has 3 nitrogen and oxygen atoms in total. The van der Waals surface area contributed by atoms with E-state index in [1.165, 1.54) is 0 Å². The van der Waals surface area contributed by atoms with Crippen molar-refractivity contribution in [2.45, 2.75) is 31.9 Å². The number of hydrogen-bond donors (Lipinski definition) is 1. The molecule has 0 radical (unpaired) electrons. The highest BCUT2D eigenvalue weighted by atomic mass is 19.1. The van der Waals surface area contributed by atoms with Gasteiger partial charge in [-0.15, -0.1) is 0 Å². The highest BCUT2D eigenvalue weighted by Gasteiger charge is 2.23. The van der Waals surface area contributed by atoms with Crippen LogP contribution in [0.2, 0.25) is 0 Å². The normalized spacial score (nSPS) is 17.1. The van der Waals surface area contributed by atoms with Crippen molar-refractivity contribution in [3.05, 3.63) is 59.3 Å². The van der Waals surface area contributed by atoms with Crippen LogP contribution in [0.15, 0.2) is 41.0 Å². The molecular formula is C17H20FNO2. The number of furan rings is 1. The lowest BCUT2D eigenvalue weighted by Crippen LogP contribution is -2.21. The first-order valence-electron chi connectivity index (χ1n) is 7.45. The fourth-order valence-electron chi connectivity index (χ4n) is 2.84. The van der Waals surface area contributed by atoms with Gasteiger partial charge in [-0.05, 0) is 55.1 Å². The predicted octanol–water partition coefficient (Wildman–Crippen LogP) is 3.60. The molecule has 1 aliphatic carbocycles. The van der Waals surface area contributed by atoms with E-state index in [1.807, 2.05) is 18.2 Å². The summed E-state index contributed by atoms with van der Waals surface area (Å²) in [6.45, 7) is 2.08. The van der Waals surface area contributed by atoms with Gasteiger partial charge >= 0.3 is 0 Å². The first-order valence-corrected chi connectivity index (χ1v) is 7.45. The van der Waals surface area contributed by atoms with Crippen molar-refractivity contribution in [1.29, 1.82) is 0 Å². The maximum atomic E-state index is 13.6. The lowest BCUT2D eigenvalue weighted by molar-refractivity contribution is 0.103. The van der Waals surface area contributed by atoms with Gasteiger partial charge in [0, 0.05) is 12.6 Å². The standard InChI is InChI=1S/C17H20FNO2/c18-16-6-1-5-15-14(16)7-8-17(15)19-9-3-10-20-12-13-4-2-11-21-13/h1-2,4-6,11,17,19H,3,7-10,12H2. The van der Waals surface area contributed by atoms with Gasteiger partial charge in [-0.1, -0.05) is 12.1 Å². The van der Waals surface area contributed by atoms with Crippen LogP contribution in [0, 0.1) is 5.82 Å². The third kappa shape index (κ3) is 3.52. The maximum absolute atomic E-state index is 13.6. The van der Waals surface area contributed by atoms with Gasteiger partial charge in [0.2, 0.25) is 0 Å². The van der Waals surface area contributed by atoms with E-state index in [9.17, 15) is 4.39 Å². The summed E-state index contributed by atoms with van der Waals surface area (Å²) in [6, 6.07) is 9.40. The Hall–Kier alpha value is -1.65. The zero-order chi connectivity index (χ0) is 14.5. The molecule has 21 heavy (non-hydrogen) atoms. The van der Waals surface area contributed by atoms with Gasteiger partial charge < -0.3 is 14.5 Å². The van der Waals surface area contributed by atoms with Crippen LogP contribution < -0.4 is 5.32 Å². The number of fused-ring (bicyclic) bond motifs is 1. The molecule has 0 amide bonds. The zero-order valence-corrected chi connectivity index (χ0v) is 12.0. The summed E-state index contributed by atoms with van der Waals surface area (Å²) in [5.74, 6) is 0.779. The molecule has 0 aliphatic heterocycles. The highest BCUT2D eigenvalue weighted by molar-refractivity contribution is 5.35. The van der Waals surface area contributed by atoms with Gasteiger partial charge in [-0.2, -0.15) is 0 Å². The van der Waals surface area contributed by atoms with Gasteiger partial charge in [-0.3, -0.25) is 0 Å². The summed E-state index contributed by atoms with van der Waals surface area (Å²) in [5, 5.41) is 3.49. The van der Waals surface area contributed by atoms with Gasteiger partial charge in [0.1, 0.15) is 18.2 Å². The molecule has 112 valence electrons. The quantitative estimate of drug-likeness (QED) is 0.791. The number of halogens is 1. The van der Waals surface area contributed by atoms with Gasteiger partial charge in [0.05, 0.1) is 6.26 Å². The Morgan fingerprint density at radius 2 is 2.24 bits per heavy atom. The predicted molar refractivity (Wildman–Crippen MR) is 78.4 cm³/mol. The Kier molecular flexibility index (Phi) is 4.68. The van der Waals surface area contributed by atoms with E-state index in [0.29, 0.717) is 13.2 Å². The minimum Gasteiger partial charge on any atom is -0.467 e. The number of rotatable bonds is 7. The van der Waals surface area contributed by atoms with Gasteiger partial charge in [0.25, 0.3) is 0 Å². The Bertz CT molecular complexity index is 568. The van der Waals surface area contributed by atoms with E-state index >= 15 is 0 Å². The summed E-state index contributed by atoms with van der Waals surface area (Å²) >= 11 is 0. The van der Waals surface area contributed by atoms with Gasteiger partial charge in [-0.25, -0.2) is 4.39 Å². The van der Waals surface area contributed by atoms with Crippen LogP contribution in [0.5, 0.6) is 0 Å². The molecule has 3 rings (SSSR count). The summed E-state index contributed by atoms with van der Waals surface area (Å²) in [6.07, 6.45) is 4.39. The van der Waals surface area contributed by atoms with E-state index in [2.05, 4.69) is 5.32 Å². The largest absolute Gasteiger partial charge is 0.467 e. The molecule has 1 atom stereocenters. The Morgan fingerprint density at radius 3 is 3.10 bits per heavy atom. The van der Waals surface area contributed by atoms with Crippen LogP contribution in [0.25, 0.3) is 0 Å². The summed E-state index contributed by atoms with van der Waals surface area (Å²) in [7, 11) is 0. The first-order chi connectivity index (χ1) is 10.3. The molecule has 0 spiro atoms. The molecule has 0 fully saturated rings. The second-order valence-electron chi connectivity index (χ2n) is 5.34. The van der Waals surface area contributed by atoms with Crippen molar-refractivity contribution in [2.75, 3.05) is 13.2 Å². The fourth-order valence-corrected chi connectivity index (χ4v) is 2.84. The van der Waals surface area contributed by atoms with Crippen molar-refractivity contribution in [2.24, 2.45) is 0 Å². The minimum absolute atomic E-state index is 0.0708. The summed E-state index contributed by atoms with van der Waals surface area (Å²) < 4.78 is 24.4. The van der Waals surface area contributed by atoms with Crippen molar-refractivity contribution >= 4 is 0 Å². The first kappa shape index (κ1) is 14.3. The second-order valence-corrected chi connectivity index (χ2v) is 5.34. The van der Waals surface area contributed by atoms with Crippen LogP contribution in [0.3, 0.4) is 0 Å². The average molecular weight is 289 g/mol. The summed E-state index contributed by atoms with van der Waals surface area (Å²) in [4.78, 5) is 0. The number of hydrogen-bond acceptors (Lipinski definition) is 3. The molecular weight excluding hydrogens is 269 g/mol. The van der Waals surface area contributed by atoms with E-state index in [0.717, 1.165) is 42.7 Å². The zero-order valence-electron chi connectivity index (χ0n) is 12.0. The minimum atomic E-state index is -0.0708. The second kappa shape index (κ2) is 6.87. The fraction of sp³-hybridized carbons (Fsp3) is 0.412. The van der Waals surface area contributed by atoms with Crippen LogP contribution in [-0.2, 0) is 17.8 Å². The van der Waals surface area contributed by atoms with E-state index in [4.69, 9.17) is 9.15 Å². The number of nitrogens with one attached hydrogen (secondary N) is 1. The van der Waals surface area contributed by atoms with E-state index in [-0.39, 0.29) is 11.9 Å². The van der Waals surface area contributed by atoms with Crippen LogP contribution >= 0.6 is 0 Å².